The van der Waals surface area contributed by atoms with E-state index >= 15 is 0 Å². The third-order valence-corrected chi connectivity index (χ3v) is 4.82. The lowest BCUT2D eigenvalue weighted by Gasteiger charge is -2.29. The standard InChI is InChI=1S/C17H25N3O3/c1-12-5-7-20(8-6-12)11-14-3-4-15(23-14)17(22)18-13-9-16(21)19(2)10-13/h3-4,12-13H,5-11H2,1-2H3,(H,18,22). The maximum Gasteiger partial charge on any atom is 0.287 e. The van der Waals surface area contributed by atoms with Crippen LogP contribution in [0.4, 0.5) is 0 Å². The van der Waals surface area contributed by atoms with Crippen LogP contribution in [0.25, 0.3) is 0 Å². The molecule has 1 atom stereocenters. The summed E-state index contributed by atoms with van der Waals surface area (Å²) in [7, 11) is 1.75. The van der Waals surface area contributed by atoms with Gasteiger partial charge in [0.2, 0.25) is 5.91 Å². The number of hydrogen-bond donors (Lipinski definition) is 1. The van der Waals surface area contributed by atoms with E-state index < -0.39 is 0 Å². The summed E-state index contributed by atoms with van der Waals surface area (Å²) in [6, 6.07) is 3.47. The van der Waals surface area contributed by atoms with Crippen molar-refractivity contribution in [2.24, 2.45) is 5.92 Å². The van der Waals surface area contributed by atoms with E-state index in [4.69, 9.17) is 4.42 Å². The van der Waals surface area contributed by atoms with Crippen LogP contribution >= 0.6 is 0 Å². The van der Waals surface area contributed by atoms with Crippen molar-refractivity contribution < 1.29 is 14.0 Å². The van der Waals surface area contributed by atoms with Crippen LogP contribution in [-0.2, 0) is 11.3 Å². The largest absolute Gasteiger partial charge is 0.455 e. The maximum absolute atomic E-state index is 12.2. The summed E-state index contributed by atoms with van der Waals surface area (Å²) in [6.45, 7) is 5.77. The first-order valence-corrected chi connectivity index (χ1v) is 8.37. The predicted molar refractivity (Wildman–Crippen MR) is 85.9 cm³/mol. The highest BCUT2D eigenvalue weighted by molar-refractivity contribution is 5.92. The van der Waals surface area contributed by atoms with Gasteiger partial charge in [0.15, 0.2) is 5.76 Å². The van der Waals surface area contributed by atoms with E-state index in [2.05, 4.69) is 17.1 Å². The summed E-state index contributed by atoms with van der Waals surface area (Å²) in [6.07, 6.45) is 2.80. The molecule has 126 valence electrons. The first-order valence-electron chi connectivity index (χ1n) is 8.37. The number of carbonyl (C=O) groups excluding carboxylic acids is 2. The SMILES string of the molecule is CC1CCN(Cc2ccc(C(=O)NC3CC(=O)N(C)C3)o2)CC1. The summed E-state index contributed by atoms with van der Waals surface area (Å²) >= 11 is 0. The van der Waals surface area contributed by atoms with Crippen LogP contribution in [0.3, 0.4) is 0 Å². The second-order valence-corrected chi connectivity index (χ2v) is 6.87. The zero-order valence-corrected chi connectivity index (χ0v) is 13.9. The molecule has 6 heteroatoms. The van der Waals surface area contributed by atoms with Gasteiger partial charge in [-0.05, 0) is 44.0 Å². The average molecular weight is 319 g/mol. The van der Waals surface area contributed by atoms with E-state index in [0.29, 0.717) is 18.7 Å². The predicted octanol–water partition coefficient (Wildman–Crippen LogP) is 1.47. The number of likely N-dealkylation sites (N-methyl/N-ethyl adjacent to an activating group) is 1. The molecule has 0 bridgehead atoms. The Morgan fingerprint density at radius 3 is 2.74 bits per heavy atom. The summed E-state index contributed by atoms with van der Waals surface area (Å²) in [5, 5.41) is 2.87. The van der Waals surface area contributed by atoms with Gasteiger partial charge in [-0.1, -0.05) is 6.92 Å². The van der Waals surface area contributed by atoms with Crippen LogP contribution in [0.15, 0.2) is 16.5 Å². The molecule has 2 aliphatic heterocycles. The van der Waals surface area contributed by atoms with Crippen molar-refractivity contribution in [1.82, 2.24) is 15.1 Å². The van der Waals surface area contributed by atoms with E-state index in [9.17, 15) is 9.59 Å². The Morgan fingerprint density at radius 1 is 1.35 bits per heavy atom. The molecule has 1 aromatic rings. The summed E-state index contributed by atoms with van der Waals surface area (Å²) in [5.41, 5.74) is 0. The molecular formula is C17H25N3O3. The molecule has 1 unspecified atom stereocenters. The van der Waals surface area contributed by atoms with Gasteiger partial charge in [-0.15, -0.1) is 0 Å². The van der Waals surface area contributed by atoms with E-state index in [1.54, 1.807) is 18.0 Å². The molecule has 2 fully saturated rings. The van der Waals surface area contributed by atoms with E-state index in [1.165, 1.54) is 12.8 Å². The number of nitrogens with zero attached hydrogens (tertiary/aromatic N) is 2. The summed E-state index contributed by atoms with van der Waals surface area (Å²) < 4.78 is 5.69. The van der Waals surface area contributed by atoms with Crippen molar-refractivity contribution in [3.05, 3.63) is 23.7 Å². The molecular weight excluding hydrogens is 294 g/mol. The Balaban J connectivity index is 1.52. The third-order valence-electron chi connectivity index (χ3n) is 4.82. The molecule has 0 radical (unpaired) electrons. The van der Waals surface area contributed by atoms with Gasteiger partial charge < -0.3 is 14.6 Å². The molecule has 6 nitrogen and oxygen atoms in total. The lowest BCUT2D eigenvalue weighted by atomic mass is 9.99. The monoisotopic (exact) mass is 319 g/mol. The van der Waals surface area contributed by atoms with E-state index in [1.807, 2.05) is 6.07 Å². The van der Waals surface area contributed by atoms with E-state index in [0.717, 1.165) is 31.3 Å². The number of furan rings is 1. The van der Waals surface area contributed by atoms with Gasteiger partial charge in [-0.25, -0.2) is 0 Å². The molecule has 3 rings (SSSR count). The average Bonchev–Trinajstić information content (AvgIpc) is 3.09. The summed E-state index contributed by atoms with van der Waals surface area (Å²) in [5.74, 6) is 1.78. The normalized spacial score (nSPS) is 23.5. The maximum atomic E-state index is 12.2. The minimum Gasteiger partial charge on any atom is -0.455 e. The molecule has 1 aromatic heterocycles. The number of rotatable bonds is 4. The van der Waals surface area contributed by atoms with Gasteiger partial charge >= 0.3 is 0 Å². The second kappa shape index (κ2) is 6.74. The van der Waals surface area contributed by atoms with Crippen LogP contribution in [0.5, 0.6) is 0 Å². The molecule has 1 N–H and O–H groups in total. The van der Waals surface area contributed by atoms with Crippen molar-refractivity contribution in [1.29, 1.82) is 0 Å². The van der Waals surface area contributed by atoms with E-state index in [-0.39, 0.29) is 17.9 Å². The lowest BCUT2D eigenvalue weighted by molar-refractivity contribution is -0.126. The smallest absolute Gasteiger partial charge is 0.287 e. The highest BCUT2D eigenvalue weighted by atomic mass is 16.4. The van der Waals surface area contributed by atoms with Crippen molar-refractivity contribution in [2.75, 3.05) is 26.7 Å². The van der Waals surface area contributed by atoms with Gasteiger partial charge in [0, 0.05) is 20.0 Å². The van der Waals surface area contributed by atoms with Crippen molar-refractivity contribution in [3.8, 4) is 0 Å². The second-order valence-electron chi connectivity index (χ2n) is 6.87. The minimum atomic E-state index is -0.239. The number of amides is 2. The van der Waals surface area contributed by atoms with Gasteiger partial charge in [0.1, 0.15) is 5.76 Å². The molecule has 0 spiro atoms. The number of nitrogens with one attached hydrogen (secondary N) is 1. The number of likely N-dealkylation sites (tertiary alicyclic amines) is 2. The Morgan fingerprint density at radius 2 is 2.09 bits per heavy atom. The zero-order chi connectivity index (χ0) is 16.4. The zero-order valence-electron chi connectivity index (χ0n) is 13.9. The van der Waals surface area contributed by atoms with Gasteiger partial charge in [0.05, 0.1) is 12.6 Å². The Labute approximate surface area is 136 Å². The van der Waals surface area contributed by atoms with Gasteiger partial charge in [0.25, 0.3) is 5.91 Å². The van der Waals surface area contributed by atoms with Gasteiger partial charge in [-0.3, -0.25) is 14.5 Å². The molecule has 0 aliphatic carbocycles. The molecule has 0 saturated carbocycles. The van der Waals surface area contributed by atoms with Crippen LogP contribution in [0, 0.1) is 5.92 Å². The Hall–Kier alpha value is -1.82. The quantitative estimate of drug-likeness (QED) is 0.913. The van der Waals surface area contributed by atoms with Crippen LogP contribution < -0.4 is 5.32 Å². The first-order chi connectivity index (χ1) is 11.0. The summed E-state index contributed by atoms with van der Waals surface area (Å²) in [4.78, 5) is 27.7. The molecule has 3 heterocycles. The van der Waals surface area contributed by atoms with Gasteiger partial charge in [-0.2, -0.15) is 0 Å². The fourth-order valence-corrected chi connectivity index (χ4v) is 3.24. The molecule has 0 aromatic carbocycles. The van der Waals surface area contributed by atoms with Crippen molar-refractivity contribution >= 4 is 11.8 Å². The first kappa shape index (κ1) is 16.1. The topological polar surface area (TPSA) is 65.8 Å². The Kier molecular flexibility index (Phi) is 4.71. The van der Waals surface area contributed by atoms with Crippen LogP contribution in [0.2, 0.25) is 0 Å². The molecule has 2 amide bonds. The fraction of sp³-hybridized carbons (Fsp3) is 0.647. The number of carbonyl (C=O) groups is 2. The molecule has 2 saturated heterocycles. The third kappa shape index (κ3) is 3.93. The van der Waals surface area contributed by atoms with Crippen molar-refractivity contribution in [3.63, 3.8) is 0 Å². The Bertz CT molecular complexity index is 575. The number of hydrogen-bond acceptors (Lipinski definition) is 4. The fourth-order valence-electron chi connectivity index (χ4n) is 3.24. The molecule has 2 aliphatic rings. The molecule has 23 heavy (non-hydrogen) atoms. The van der Waals surface area contributed by atoms with Crippen molar-refractivity contribution in [2.45, 2.75) is 38.8 Å². The van der Waals surface area contributed by atoms with Crippen LogP contribution in [-0.4, -0.2) is 54.3 Å². The minimum absolute atomic E-state index is 0.0646. The number of piperidine rings is 1. The highest BCUT2D eigenvalue weighted by Crippen LogP contribution is 2.19. The highest BCUT2D eigenvalue weighted by Gasteiger charge is 2.28. The lowest BCUT2D eigenvalue weighted by Crippen LogP contribution is -2.36. The van der Waals surface area contributed by atoms with Crippen LogP contribution in [0.1, 0.15) is 42.5 Å².